The quantitative estimate of drug-likeness (QED) is 0.900. The molecule has 1 amide bonds. The van der Waals surface area contributed by atoms with Crippen molar-refractivity contribution in [2.45, 2.75) is 52.8 Å². The first-order valence-electron chi connectivity index (χ1n) is 8.21. The van der Waals surface area contributed by atoms with Gasteiger partial charge in [0.05, 0.1) is 6.54 Å². The number of ether oxygens (including phenoxy) is 1. The Kier molecular flexibility index (Phi) is 4.96. The summed E-state index contributed by atoms with van der Waals surface area (Å²) in [5.41, 5.74) is 1.38. The number of aryl methyl sites for hydroxylation is 3. The van der Waals surface area contributed by atoms with E-state index in [9.17, 15) is 13.6 Å². The Morgan fingerprint density at radius 1 is 1.28 bits per heavy atom. The van der Waals surface area contributed by atoms with Crippen LogP contribution in [0.2, 0.25) is 0 Å². The molecule has 2 aromatic rings. The second kappa shape index (κ2) is 7.16. The van der Waals surface area contributed by atoms with Crippen molar-refractivity contribution in [1.29, 1.82) is 0 Å². The van der Waals surface area contributed by atoms with Crippen molar-refractivity contribution in [1.82, 2.24) is 20.1 Å². The van der Waals surface area contributed by atoms with Gasteiger partial charge in [-0.05, 0) is 49.9 Å². The number of hydrogen-bond donors (Lipinski definition) is 1. The summed E-state index contributed by atoms with van der Waals surface area (Å²) in [5, 5.41) is 11.1. The fraction of sp³-hybridized carbons (Fsp3) is 0.471. The Morgan fingerprint density at radius 2 is 2.00 bits per heavy atom. The van der Waals surface area contributed by atoms with Crippen molar-refractivity contribution >= 4 is 5.91 Å². The first kappa shape index (κ1) is 17.3. The number of alkyl halides is 2. The highest BCUT2D eigenvalue weighted by atomic mass is 19.3. The van der Waals surface area contributed by atoms with Crippen molar-refractivity contribution in [2.75, 3.05) is 0 Å². The lowest BCUT2D eigenvalue weighted by Crippen LogP contribution is -2.26. The van der Waals surface area contributed by atoms with E-state index in [0.717, 1.165) is 37.5 Å². The molecule has 1 aromatic heterocycles. The minimum Gasteiger partial charge on any atom is -0.434 e. The van der Waals surface area contributed by atoms with Crippen molar-refractivity contribution in [3.05, 3.63) is 40.5 Å². The number of halogens is 2. The molecule has 0 bridgehead atoms. The molecule has 1 aromatic carbocycles. The fourth-order valence-corrected chi connectivity index (χ4v) is 3.12. The molecule has 0 unspecified atom stereocenters. The highest BCUT2D eigenvalue weighted by Gasteiger charge is 2.18. The lowest BCUT2D eigenvalue weighted by atomic mass is 10.1. The van der Waals surface area contributed by atoms with Gasteiger partial charge in [0, 0.05) is 18.5 Å². The summed E-state index contributed by atoms with van der Waals surface area (Å²) in [5.74, 6) is 1.51. The minimum absolute atomic E-state index is 0.109. The minimum atomic E-state index is -2.89. The van der Waals surface area contributed by atoms with E-state index < -0.39 is 6.61 Å². The molecule has 1 aliphatic rings. The van der Waals surface area contributed by atoms with Gasteiger partial charge in [-0.2, -0.15) is 8.78 Å². The number of fused-ring (bicyclic) bond motifs is 1. The van der Waals surface area contributed by atoms with Gasteiger partial charge in [0.25, 0.3) is 5.91 Å². The van der Waals surface area contributed by atoms with Crippen molar-refractivity contribution in [2.24, 2.45) is 0 Å². The fourth-order valence-electron chi connectivity index (χ4n) is 3.12. The van der Waals surface area contributed by atoms with Gasteiger partial charge < -0.3 is 14.6 Å². The van der Waals surface area contributed by atoms with E-state index >= 15 is 0 Å². The Labute approximate surface area is 144 Å². The summed E-state index contributed by atoms with van der Waals surface area (Å²) in [4.78, 5) is 12.4. The molecule has 3 rings (SSSR count). The van der Waals surface area contributed by atoms with Gasteiger partial charge in [0.15, 0.2) is 5.82 Å². The lowest BCUT2D eigenvalue weighted by Gasteiger charge is -2.15. The van der Waals surface area contributed by atoms with E-state index in [0.29, 0.717) is 16.7 Å². The predicted molar refractivity (Wildman–Crippen MR) is 86.7 cm³/mol. The summed E-state index contributed by atoms with van der Waals surface area (Å²) >= 11 is 0. The Morgan fingerprint density at radius 3 is 2.68 bits per heavy atom. The Hall–Kier alpha value is -2.51. The molecule has 0 saturated heterocycles. The molecule has 0 radical (unpaired) electrons. The predicted octanol–water partition coefficient (Wildman–Crippen LogP) is 2.76. The molecule has 2 heterocycles. The van der Waals surface area contributed by atoms with Gasteiger partial charge in [0.1, 0.15) is 11.6 Å². The zero-order chi connectivity index (χ0) is 18.0. The summed E-state index contributed by atoms with van der Waals surface area (Å²) in [6, 6.07) is 3.08. The van der Waals surface area contributed by atoms with Crippen LogP contribution in [-0.4, -0.2) is 27.3 Å². The van der Waals surface area contributed by atoms with Crippen LogP contribution in [0.25, 0.3) is 0 Å². The molecular formula is C17H20F2N4O2. The first-order valence-corrected chi connectivity index (χ1v) is 8.21. The van der Waals surface area contributed by atoms with Crippen LogP contribution in [-0.2, 0) is 19.5 Å². The number of rotatable bonds is 5. The van der Waals surface area contributed by atoms with Gasteiger partial charge in [-0.15, -0.1) is 10.2 Å². The molecule has 8 heteroatoms. The molecule has 1 aliphatic heterocycles. The SMILES string of the molecule is Cc1cc(C(=O)NCc2nnc3n2CCCC3)cc(C)c1OC(F)F. The average Bonchev–Trinajstić information content (AvgIpc) is 2.99. The second-order valence-corrected chi connectivity index (χ2v) is 6.14. The third-order valence-electron chi connectivity index (χ3n) is 4.27. The van der Waals surface area contributed by atoms with E-state index in [1.165, 1.54) is 0 Å². The maximum Gasteiger partial charge on any atom is 0.387 e. The molecule has 1 N–H and O–H groups in total. The molecule has 134 valence electrons. The molecule has 0 atom stereocenters. The van der Waals surface area contributed by atoms with Crippen LogP contribution in [0.1, 0.15) is 46.0 Å². The van der Waals surface area contributed by atoms with E-state index in [-0.39, 0.29) is 18.2 Å². The molecule has 0 spiro atoms. The number of carbonyl (C=O) groups is 1. The van der Waals surface area contributed by atoms with Gasteiger partial charge >= 0.3 is 6.61 Å². The average molecular weight is 350 g/mol. The monoisotopic (exact) mass is 350 g/mol. The number of nitrogens with zero attached hydrogens (tertiary/aromatic N) is 3. The Balaban J connectivity index is 1.70. The zero-order valence-electron chi connectivity index (χ0n) is 14.2. The Bertz CT molecular complexity index is 766. The van der Waals surface area contributed by atoms with Gasteiger partial charge in [-0.25, -0.2) is 0 Å². The largest absolute Gasteiger partial charge is 0.434 e. The normalized spacial score (nSPS) is 13.6. The van der Waals surface area contributed by atoms with E-state index in [4.69, 9.17) is 0 Å². The third kappa shape index (κ3) is 3.78. The number of benzene rings is 1. The van der Waals surface area contributed by atoms with Gasteiger partial charge in [0.2, 0.25) is 0 Å². The zero-order valence-corrected chi connectivity index (χ0v) is 14.2. The topological polar surface area (TPSA) is 69.0 Å². The maximum absolute atomic E-state index is 12.4. The second-order valence-electron chi connectivity index (χ2n) is 6.14. The number of amides is 1. The number of nitrogens with one attached hydrogen (secondary N) is 1. The van der Waals surface area contributed by atoms with Crippen molar-refractivity contribution in [3.8, 4) is 5.75 Å². The smallest absolute Gasteiger partial charge is 0.387 e. The van der Waals surface area contributed by atoms with Crippen LogP contribution in [0.4, 0.5) is 8.78 Å². The lowest BCUT2D eigenvalue weighted by molar-refractivity contribution is -0.0507. The maximum atomic E-state index is 12.4. The number of aromatic nitrogens is 3. The van der Waals surface area contributed by atoms with Crippen LogP contribution in [0.15, 0.2) is 12.1 Å². The summed E-state index contributed by atoms with van der Waals surface area (Å²) in [7, 11) is 0. The summed E-state index contributed by atoms with van der Waals surface area (Å²) in [6.07, 6.45) is 3.09. The van der Waals surface area contributed by atoms with Crippen LogP contribution in [0.3, 0.4) is 0 Å². The van der Waals surface area contributed by atoms with Crippen LogP contribution < -0.4 is 10.1 Å². The molecule has 0 aliphatic carbocycles. The van der Waals surface area contributed by atoms with Crippen LogP contribution in [0, 0.1) is 13.8 Å². The highest BCUT2D eigenvalue weighted by molar-refractivity contribution is 5.94. The summed E-state index contributed by atoms with van der Waals surface area (Å²) < 4.78 is 31.4. The molecule has 25 heavy (non-hydrogen) atoms. The van der Waals surface area contributed by atoms with Crippen molar-refractivity contribution in [3.63, 3.8) is 0 Å². The van der Waals surface area contributed by atoms with Gasteiger partial charge in [-0.1, -0.05) is 0 Å². The van der Waals surface area contributed by atoms with Crippen LogP contribution in [0.5, 0.6) is 5.75 Å². The van der Waals surface area contributed by atoms with E-state index in [1.54, 1.807) is 26.0 Å². The third-order valence-corrected chi connectivity index (χ3v) is 4.27. The number of carbonyl (C=O) groups excluding carboxylic acids is 1. The van der Waals surface area contributed by atoms with E-state index in [2.05, 4.69) is 20.3 Å². The van der Waals surface area contributed by atoms with Crippen LogP contribution >= 0.6 is 0 Å². The number of hydrogen-bond acceptors (Lipinski definition) is 4. The van der Waals surface area contributed by atoms with E-state index in [1.807, 2.05) is 4.57 Å². The van der Waals surface area contributed by atoms with Gasteiger partial charge in [-0.3, -0.25) is 4.79 Å². The molecule has 6 nitrogen and oxygen atoms in total. The standard InChI is InChI=1S/C17H20F2N4O2/c1-10-7-12(8-11(2)15(10)25-17(18)19)16(24)20-9-14-22-21-13-5-3-4-6-23(13)14/h7-8,17H,3-6,9H2,1-2H3,(H,20,24). The molecule has 0 saturated carbocycles. The summed E-state index contributed by atoms with van der Waals surface area (Å²) in [6.45, 7) is 1.52. The molecule has 0 fully saturated rings. The molecular weight excluding hydrogens is 330 g/mol. The van der Waals surface area contributed by atoms with Crippen molar-refractivity contribution < 1.29 is 18.3 Å². The highest BCUT2D eigenvalue weighted by Crippen LogP contribution is 2.26. The first-order chi connectivity index (χ1) is 12.0.